The van der Waals surface area contributed by atoms with Gasteiger partial charge in [-0.3, -0.25) is 0 Å². The van der Waals surface area contributed by atoms with E-state index in [1.165, 1.54) is 10.8 Å². The van der Waals surface area contributed by atoms with Crippen molar-refractivity contribution < 1.29 is 14.6 Å². The Hall–Kier alpha value is -2.03. The molecule has 1 N–H and O–H groups in total. The van der Waals surface area contributed by atoms with E-state index in [0.717, 1.165) is 12.8 Å². The molecule has 0 amide bonds. The summed E-state index contributed by atoms with van der Waals surface area (Å²) in [6.07, 6.45) is 4.18. The molecule has 6 heteroatoms. The number of aromatic nitrogens is 2. The number of aryl methyl sites for hydroxylation is 1. The number of imidazole rings is 1. The Morgan fingerprint density at radius 2 is 2.29 bits per heavy atom. The summed E-state index contributed by atoms with van der Waals surface area (Å²) in [5.41, 5.74) is -1.17. The van der Waals surface area contributed by atoms with Gasteiger partial charge in [0.15, 0.2) is 0 Å². The third kappa shape index (κ3) is 1.96. The van der Waals surface area contributed by atoms with Gasteiger partial charge >= 0.3 is 5.97 Å². The summed E-state index contributed by atoms with van der Waals surface area (Å²) in [5.74, 6) is -0.550. The first-order valence-electron chi connectivity index (χ1n) is 5.43. The van der Waals surface area contributed by atoms with Crippen LogP contribution in [0, 0.1) is 11.3 Å². The second kappa shape index (κ2) is 4.09. The topological polar surface area (TPSA) is 88.1 Å². The van der Waals surface area contributed by atoms with Crippen molar-refractivity contribution in [1.82, 2.24) is 9.55 Å². The van der Waals surface area contributed by atoms with Gasteiger partial charge < -0.3 is 14.4 Å². The summed E-state index contributed by atoms with van der Waals surface area (Å²) in [4.78, 5) is 15.2. The highest BCUT2D eigenvalue weighted by molar-refractivity contribution is 5.78. The van der Waals surface area contributed by atoms with Crippen LogP contribution >= 0.6 is 0 Å². The van der Waals surface area contributed by atoms with Gasteiger partial charge in [0.2, 0.25) is 17.3 Å². The Kier molecular flexibility index (Phi) is 2.76. The first-order valence-corrected chi connectivity index (χ1v) is 5.43. The van der Waals surface area contributed by atoms with Crippen LogP contribution in [0.25, 0.3) is 0 Å². The molecular formula is C11H13N3O3. The van der Waals surface area contributed by atoms with Crippen LogP contribution < -0.4 is 4.74 Å². The zero-order valence-corrected chi connectivity index (χ0v) is 9.51. The molecule has 0 aliphatic heterocycles. The van der Waals surface area contributed by atoms with Crippen LogP contribution in [0.15, 0.2) is 6.20 Å². The summed E-state index contributed by atoms with van der Waals surface area (Å²) in [6.45, 7) is 0. The van der Waals surface area contributed by atoms with E-state index >= 15 is 0 Å². The maximum Gasteiger partial charge on any atom is 0.348 e. The molecule has 6 nitrogen and oxygen atoms in total. The number of nitrogens with zero attached hydrogens (tertiary/aromatic N) is 3. The van der Waals surface area contributed by atoms with Crippen molar-refractivity contribution >= 4 is 5.97 Å². The Morgan fingerprint density at radius 1 is 1.65 bits per heavy atom. The number of rotatable bonds is 3. The zero-order valence-electron chi connectivity index (χ0n) is 9.51. The van der Waals surface area contributed by atoms with E-state index < -0.39 is 11.6 Å². The predicted molar refractivity (Wildman–Crippen MR) is 57.4 cm³/mol. The summed E-state index contributed by atoms with van der Waals surface area (Å²) in [7, 11) is 1.67. The smallest absolute Gasteiger partial charge is 0.348 e. The lowest BCUT2D eigenvalue weighted by atomic mass is 10.0. The van der Waals surface area contributed by atoms with Crippen molar-refractivity contribution in [3.8, 4) is 11.9 Å². The average Bonchev–Trinajstić information content (AvgIpc) is 2.87. The van der Waals surface area contributed by atoms with Crippen LogP contribution in [0.5, 0.6) is 5.88 Å². The van der Waals surface area contributed by atoms with Gasteiger partial charge in [-0.2, -0.15) is 10.2 Å². The lowest BCUT2D eigenvalue weighted by Gasteiger charge is -2.23. The van der Waals surface area contributed by atoms with Gasteiger partial charge in [-0.15, -0.1) is 0 Å². The number of ether oxygens (including phenoxy) is 1. The fourth-order valence-corrected chi connectivity index (χ4v) is 2.10. The third-order valence-corrected chi connectivity index (χ3v) is 3.06. The molecule has 90 valence electrons. The summed E-state index contributed by atoms with van der Waals surface area (Å²) in [6, 6.07) is 1.91. The van der Waals surface area contributed by atoms with E-state index in [-0.39, 0.29) is 11.7 Å². The molecule has 0 aromatic carbocycles. The number of nitriles is 1. The van der Waals surface area contributed by atoms with E-state index in [0.29, 0.717) is 12.8 Å². The fourth-order valence-electron chi connectivity index (χ4n) is 2.10. The monoisotopic (exact) mass is 235 g/mol. The van der Waals surface area contributed by atoms with Crippen molar-refractivity contribution in [1.29, 1.82) is 5.26 Å². The highest BCUT2D eigenvalue weighted by Gasteiger charge is 2.44. The summed E-state index contributed by atoms with van der Waals surface area (Å²) < 4.78 is 7.02. The number of carbonyl (C=O) groups is 1. The van der Waals surface area contributed by atoms with E-state index in [1.807, 2.05) is 6.07 Å². The van der Waals surface area contributed by atoms with Crippen molar-refractivity contribution in [2.45, 2.75) is 31.3 Å². The van der Waals surface area contributed by atoms with Crippen molar-refractivity contribution in [2.75, 3.05) is 0 Å². The summed E-state index contributed by atoms with van der Waals surface area (Å²) >= 11 is 0. The molecule has 17 heavy (non-hydrogen) atoms. The second-order valence-electron chi connectivity index (χ2n) is 4.23. The first-order chi connectivity index (χ1) is 8.07. The maximum atomic E-state index is 11.3. The molecule has 0 spiro atoms. The van der Waals surface area contributed by atoms with Crippen LogP contribution in [-0.2, 0) is 11.8 Å². The van der Waals surface area contributed by atoms with Crippen LogP contribution in [0.4, 0.5) is 0 Å². The van der Waals surface area contributed by atoms with Crippen LogP contribution in [0.1, 0.15) is 31.5 Å². The van der Waals surface area contributed by atoms with Gasteiger partial charge in [0.1, 0.15) is 6.07 Å². The van der Waals surface area contributed by atoms with Gasteiger partial charge in [-0.1, -0.05) is 0 Å². The van der Waals surface area contributed by atoms with E-state index in [1.54, 1.807) is 7.05 Å². The fraction of sp³-hybridized carbons (Fsp3) is 0.545. The van der Waals surface area contributed by atoms with Crippen LogP contribution in [0.3, 0.4) is 0 Å². The highest BCUT2D eigenvalue weighted by Crippen LogP contribution is 2.34. The number of carboxylic acids is 1. The first kappa shape index (κ1) is 11.5. The standard InChI is InChI=1S/C11H13N3O3/c1-14-7-9(13-8(14)6-12)17-11(10(15)16)4-2-3-5-11/h7H,2-5H2,1H3,(H,15,16). The van der Waals surface area contributed by atoms with E-state index in [2.05, 4.69) is 4.98 Å². The van der Waals surface area contributed by atoms with Crippen molar-refractivity contribution in [2.24, 2.45) is 7.05 Å². The lowest BCUT2D eigenvalue weighted by molar-refractivity contribution is -0.155. The largest absolute Gasteiger partial charge is 0.478 e. The minimum Gasteiger partial charge on any atom is -0.478 e. The Morgan fingerprint density at radius 3 is 2.76 bits per heavy atom. The zero-order chi connectivity index (χ0) is 12.5. The van der Waals surface area contributed by atoms with Crippen molar-refractivity contribution in [3.05, 3.63) is 12.0 Å². The minimum atomic E-state index is -1.17. The number of hydrogen-bond donors (Lipinski definition) is 1. The highest BCUT2D eigenvalue weighted by atomic mass is 16.5. The van der Waals surface area contributed by atoms with Gasteiger partial charge in [0.05, 0.1) is 6.20 Å². The SMILES string of the molecule is Cn1cc(OC2(C(=O)O)CCCC2)nc1C#N. The van der Waals surface area contributed by atoms with Gasteiger partial charge in [-0.05, 0) is 25.7 Å². The molecule has 0 atom stereocenters. The molecule has 1 fully saturated rings. The van der Waals surface area contributed by atoms with Gasteiger partial charge in [-0.25, -0.2) is 4.79 Å². The van der Waals surface area contributed by atoms with Gasteiger partial charge in [0.25, 0.3) is 0 Å². The Bertz CT molecular complexity index is 481. The number of carboxylic acid groups (broad SMARTS) is 1. The number of aliphatic carboxylic acids is 1. The van der Waals surface area contributed by atoms with Gasteiger partial charge in [0, 0.05) is 7.05 Å². The molecule has 1 saturated carbocycles. The number of hydrogen-bond acceptors (Lipinski definition) is 4. The average molecular weight is 235 g/mol. The second-order valence-corrected chi connectivity index (χ2v) is 4.23. The lowest BCUT2D eigenvalue weighted by Crippen LogP contribution is -2.41. The quantitative estimate of drug-likeness (QED) is 0.846. The molecule has 0 radical (unpaired) electrons. The Balaban J connectivity index is 2.24. The van der Waals surface area contributed by atoms with E-state index in [4.69, 9.17) is 10.00 Å². The molecule has 0 unspecified atom stereocenters. The molecule has 1 aliphatic rings. The molecule has 1 aromatic heterocycles. The molecule has 1 heterocycles. The van der Waals surface area contributed by atoms with E-state index in [9.17, 15) is 9.90 Å². The minimum absolute atomic E-state index is 0.202. The molecule has 1 aromatic rings. The molecule has 1 aliphatic carbocycles. The molecular weight excluding hydrogens is 222 g/mol. The van der Waals surface area contributed by atoms with Crippen LogP contribution in [-0.4, -0.2) is 26.2 Å². The maximum absolute atomic E-state index is 11.3. The molecule has 2 rings (SSSR count). The van der Waals surface area contributed by atoms with Crippen molar-refractivity contribution in [3.63, 3.8) is 0 Å². The normalized spacial score (nSPS) is 17.6. The predicted octanol–water partition coefficient (Wildman–Crippen LogP) is 1.07. The third-order valence-electron chi connectivity index (χ3n) is 3.06. The molecule has 0 saturated heterocycles. The van der Waals surface area contributed by atoms with Crippen LogP contribution in [0.2, 0.25) is 0 Å². The Labute approximate surface area is 98.4 Å². The molecule has 0 bridgehead atoms. The summed E-state index contributed by atoms with van der Waals surface area (Å²) in [5, 5.41) is 18.0.